The van der Waals surface area contributed by atoms with Crippen molar-refractivity contribution in [3.05, 3.63) is 35.9 Å². The van der Waals surface area contributed by atoms with Gasteiger partial charge in [0.15, 0.2) is 6.10 Å². The molecule has 0 fully saturated rings. The predicted octanol–water partition coefficient (Wildman–Crippen LogP) is 0.554. The molecule has 78 valence electrons. The van der Waals surface area contributed by atoms with Crippen LogP contribution < -0.4 is 5.73 Å². The number of nitrogens with two attached hydrogens (primary N) is 1. The third-order valence-electron chi connectivity index (χ3n) is 1.78. The van der Waals surface area contributed by atoms with Crippen LogP contribution in [0, 0.1) is 0 Å². The molecule has 1 rings (SSSR count). The third-order valence-corrected chi connectivity index (χ3v) is 1.78. The van der Waals surface area contributed by atoms with Gasteiger partial charge >= 0.3 is 5.97 Å². The molecule has 0 aliphatic heterocycles. The van der Waals surface area contributed by atoms with E-state index in [0.717, 1.165) is 0 Å². The van der Waals surface area contributed by atoms with E-state index in [4.69, 9.17) is 15.9 Å². The van der Waals surface area contributed by atoms with Crippen molar-refractivity contribution in [3.63, 3.8) is 0 Å². The van der Waals surface area contributed by atoms with Crippen LogP contribution in [0.1, 0.15) is 11.6 Å². The Morgan fingerprint density at radius 2 is 1.79 bits per heavy atom. The van der Waals surface area contributed by atoms with Gasteiger partial charge in [-0.05, 0) is 5.56 Å². The van der Waals surface area contributed by atoms with Gasteiger partial charge in [-0.1, -0.05) is 30.3 Å². The number of halogens is 1. The Bertz CT molecular complexity index is 291. The maximum absolute atomic E-state index is 10.4. The largest absolute Gasteiger partial charge is 0.479 e. The highest BCUT2D eigenvalue weighted by Gasteiger charge is 2.22. The van der Waals surface area contributed by atoms with E-state index in [9.17, 15) is 4.79 Å². The molecule has 0 heterocycles. The minimum atomic E-state index is -1.55. The highest BCUT2D eigenvalue weighted by atomic mass is 35.5. The Labute approximate surface area is 87.8 Å². The first-order valence-electron chi connectivity index (χ1n) is 3.84. The molecule has 4 N–H and O–H groups in total. The first kappa shape index (κ1) is 12.9. The van der Waals surface area contributed by atoms with Gasteiger partial charge < -0.3 is 15.9 Å². The summed E-state index contributed by atoms with van der Waals surface area (Å²) in [5, 5.41) is 17.6. The van der Waals surface area contributed by atoms with Crippen LogP contribution in [0.2, 0.25) is 0 Å². The summed E-state index contributed by atoms with van der Waals surface area (Å²) < 4.78 is 0. The van der Waals surface area contributed by atoms with Gasteiger partial charge in [-0.15, -0.1) is 12.4 Å². The highest BCUT2D eigenvalue weighted by Crippen LogP contribution is 2.13. The van der Waals surface area contributed by atoms with Crippen molar-refractivity contribution in [2.24, 2.45) is 5.73 Å². The number of carboxylic acid groups (broad SMARTS) is 1. The molecule has 1 aromatic carbocycles. The molecule has 0 saturated heterocycles. The van der Waals surface area contributed by atoms with Gasteiger partial charge in [0, 0.05) is 0 Å². The lowest BCUT2D eigenvalue weighted by atomic mass is 10.0. The van der Waals surface area contributed by atoms with Crippen LogP contribution in [0.5, 0.6) is 0 Å². The number of aliphatic hydroxyl groups is 1. The number of carbonyl (C=O) groups is 1. The van der Waals surface area contributed by atoms with Crippen molar-refractivity contribution >= 4 is 18.4 Å². The summed E-state index contributed by atoms with van der Waals surface area (Å²) in [4.78, 5) is 10.4. The maximum atomic E-state index is 10.4. The second kappa shape index (κ2) is 5.59. The van der Waals surface area contributed by atoms with Crippen molar-refractivity contribution in [2.75, 3.05) is 0 Å². The fourth-order valence-corrected chi connectivity index (χ4v) is 1.01. The molecule has 0 aliphatic carbocycles. The molecule has 5 heteroatoms. The summed E-state index contributed by atoms with van der Waals surface area (Å²) in [6.07, 6.45) is -1.55. The fraction of sp³-hybridized carbons (Fsp3) is 0.222. The molecule has 4 nitrogen and oxygen atoms in total. The number of benzene rings is 1. The highest BCUT2D eigenvalue weighted by molar-refractivity contribution is 5.85. The number of aliphatic hydroxyl groups excluding tert-OH is 1. The normalized spacial score (nSPS) is 13.9. The van der Waals surface area contributed by atoms with E-state index in [1.807, 2.05) is 0 Å². The molecule has 0 unspecified atom stereocenters. The quantitative estimate of drug-likeness (QED) is 0.691. The Kier molecular flexibility index (Phi) is 5.15. The smallest absolute Gasteiger partial charge is 0.334 e. The molecular formula is C9H12ClNO3. The molecule has 2 atom stereocenters. The van der Waals surface area contributed by atoms with Crippen molar-refractivity contribution in [3.8, 4) is 0 Å². The van der Waals surface area contributed by atoms with Crippen LogP contribution in [0.15, 0.2) is 30.3 Å². The second-order valence-electron chi connectivity index (χ2n) is 2.72. The van der Waals surface area contributed by atoms with Crippen molar-refractivity contribution in [1.82, 2.24) is 0 Å². The first-order chi connectivity index (χ1) is 6.13. The molecule has 0 bridgehead atoms. The Balaban J connectivity index is 0.00000169. The van der Waals surface area contributed by atoms with Crippen molar-refractivity contribution in [1.29, 1.82) is 0 Å². The SMILES string of the molecule is Cl.N[C@@H](c1ccccc1)[C@@H](O)C(=O)O. The minimum Gasteiger partial charge on any atom is -0.479 e. The molecule has 0 aromatic heterocycles. The molecule has 0 aliphatic rings. The summed E-state index contributed by atoms with van der Waals surface area (Å²) in [7, 11) is 0. The number of hydrogen-bond acceptors (Lipinski definition) is 3. The van der Waals surface area contributed by atoms with E-state index in [1.54, 1.807) is 30.3 Å². The van der Waals surface area contributed by atoms with Crippen LogP contribution in [-0.4, -0.2) is 22.3 Å². The van der Waals surface area contributed by atoms with Crippen LogP contribution in [0.3, 0.4) is 0 Å². The fourth-order valence-electron chi connectivity index (χ4n) is 1.01. The molecule has 1 aromatic rings. The third kappa shape index (κ3) is 2.99. The van der Waals surface area contributed by atoms with Gasteiger partial charge in [0.25, 0.3) is 0 Å². The van der Waals surface area contributed by atoms with Gasteiger partial charge in [0.2, 0.25) is 0 Å². The van der Waals surface area contributed by atoms with E-state index in [0.29, 0.717) is 5.56 Å². The van der Waals surface area contributed by atoms with Gasteiger partial charge in [-0.25, -0.2) is 4.79 Å². The van der Waals surface area contributed by atoms with E-state index in [1.165, 1.54) is 0 Å². The van der Waals surface area contributed by atoms with Crippen LogP contribution in [0.4, 0.5) is 0 Å². The lowest BCUT2D eigenvalue weighted by Gasteiger charge is -2.14. The standard InChI is InChI=1S/C9H11NO3.ClH/c10-7(8(11)9(12)13)6-4-2-1-3-5-6;/h1-5,7-8,11H,10H2,(H,12,13);1H/t7-,8+;/m0./s1. The maximum Gasteiger partial charge on any atom is 0.334 e. The monoisotopic (exact) mass is 217 g/mol. The molecule has 0 amide bonds. The summed E-state index contributed by atoms with van der Waals surface area (Å²) in [5.74, 6) is -1.31. The molecule has 14 heavy (non-hydrogen) atoms. The number of rotatable bonds is 3. The van der Waals surface area contributed by atoms with Crippen LogP contribution >= 0.6 is 12.4 Å². The Morgan fingerprint density at radius 3 is 2.21 bits per heavy atom. The zero-order valence-electron chi connectivity index (χ0n) is 7.33. The lowest BCUT2D eigenvalue weighted by Crippen LogP contribution is -2.33. The van der Waals surface area contributed by atoms with Gasteiger partial charge in [0.05, 0.1) is 6.04 Å². The van der Waals surface area contributed by atoms with E-state index < -0.39 is 18.1 Å². The van der Waals surface area contributed by atoms with Crippen LogP contribution in [0.25, 0.3) is 0 Å². The summed E-state index contributed by atoms with van der Waals surface area (Å²) >= 11 is 0. The van der Waals surface area contributed by atoms with E-state index in [2.05, 4.69) is 0 Å². The van der Waals surface area contributed by atoms with Crippen molar-refractivity contribution < 1.29 is 15.0 Å². The topological polar surface area (TPSA) is 83.5 Å². The molecule has 0 spiro atoms. The van der Waals surface area contributed by atoms with Gasteiger partial charge in [-0.3, -0.25) is 0 Å². The molecular weight excluding hydrogens is 206 g/mol. The number of aliphatic carboxylic acids is 1. The summed E-state index contributed by atoms with van der Waals surface area (Å²) in [6, 6.07) is 7.75. The average molecular weight is 218 g/mol. The average Bonchev–Trinajstić information content (AvgIpc) is 2.17. The lowest BCUT2D eigenvalue weighted by molar-refractivity contribution is -0.147. The number of carboxylic acids is 1. The van der Waals surface area contributed by atoms with Crippen molar-refractivity contribution in [2.45, 2.75) is 12.1 Å². The number of hydrogen-bond donors (Lipinski definition) is 3. The van der Waals surface area contributed by atoms with E-state index >= 15 is 0 Å². The zero-order chi connectivity index (χ0) is 9.84. The minimum absolute atomic E-state index is 0. The van der Waals surface area contributed by atoms with Gasteiger partial charge in [-0.2, -0.15) is 0 Å². The zero-order valence-corrected chi connectivity index (χ0v) is 8.15. The Hall–Kier alpha value is -1.10. The second-order valence-corrected chi connectivity index (χ2v) is 2.72. The van der Waals surface area contributed by atoms with Crippen LogP contribution in [-0.2, 0) is 4.79 Å². The molecule has 0 saturated carbocycles. The predicted molar refractivity (Wildman–Crippen MR) is 54.3 cm³/mol. The summed E-state index contributed by atoms with van der Waals surface area (Å²) in [6.45, 7) is 0. The van der Waals surface area contributed by atoms with Gasteiger partial charge in [0.1, 0.15) is 0 Å². The summed E-state index contributed by atoms with van der Waals surface area (Å²) in [5.41, 5.74) is 6.12. The first-order valence-corrected chi connectivity index (χ1v) is 3.84. The molecule has 0 radical (unpaired) electrons. The Morgan fingerprint density at radius 1 is 1.29 bits per heavy atom. The van der Waals surface area contributed by atoms with E-state index in [-0.39, 0.29) is 12.4 Å².